The summed E-state index contributed by atoms with van der Waals surface area (Å²) in [4.78, 5) is 2.02. The smallest absolute Gasteiger partial charge is 0.0106 e. The Bertz CT molecular complexity index is 89.1. The third-order valence-electron chi connectivity index (χ3n) is 2.39. The van der Waals surface area contributed by atoms with Crippen molar-refractivity contribution in [3.8, 4) is 0 Å². The molecule has 0 saturated heterocycles. The highest BCUT2D eigenvalue weighted by Crippen LogP contribution is 2.08. The summed E-state index contributed by atoms with van der Waals surface area (Å²) in [5.41, 5.74) is 0. The van der Waals surface area contributed by atoms with E-state index < -0.39 is 0 Å². The average molecular weight is 184 g/mol. The Morgan fingerprint density at radius 3 is 1.77 bits per heavy atom. The summed E-state index contributed by atoms with van der Waals surface area (Å²) in [6.45, 7) is 3.42. The lowest BCUT2D eigenvalue weighted by Gasteiger charge is -2.08. The molecule has 0 unspecified atom stereocenters. The van der Waals surface area contributed by atoms with E-state index in [0.717, 1.165) is 6.54 Å². The molecule has 0 aromatic carbocycles. The molecule has 0 aliphatic carbocycles. The first-order valence-electron chi connectivity index (χ1n) is 5.79. The standard InChI is InChI=1S/C12H26N/c1-4-5-6-7-8-9-10-11-12-13(2)3/h2,4-12H2,1,3H3. The molecule has 1 radical (unpaired) electrons. The number of hydrogen-bond acceptors (Lipinski definition) is 1. The van der Waals surface area contributed by atoms with Crippen molar-refractivity contribution in [2.24, 2.45) is 0 Å². The molecule has 0 spiro atoms. The van der Waals surface area contributed by atoms with Crippen molar-refractivity contribution in [3.05, 3.63) is 7.05 Å². The maximum absolute atomic E-state index is 3.83. The quantitative estimate of drug-likeness (QED) is 0.492. The van der Waals surface area contributed by atoms with Crippen LogP contribution in [0.15, 0.2) is 0 Å². The third-order valence-corrected chi connectivity index (χ3v) is 2.39. The molecule has 79 valence electrons. The molecule has 1 heteroatoms. The van der Waals surface area contributed by atoms with Gasteiger partial charge in [0.2, 0.25) is 0 Å². The van der Waals surface area contributed by atoms with E-state index >= 15 is 0 Å². The van der Waals surface area contributed by atoms with Crippen molar-refractivity contribution in [2.75, 3.05) is 13.6 Å². The molecule has 0 aliphatic heterocycles. The van der Waals surface area contributed by atoms with Crippen LogP contribution in [0.4, 0.5) is 0 Å². The maximum atomic E-state index is 3.83. The topological polar surface area (TPSA) is 3.24 Å². The van der Waals surface area contributed by atoms with Gasteiger partial charge in [-0.1, -0.05) is 51.9 Å². The second kappa shape index (κ2) is 10.0. The lowest BCUT2D eigenvalue weighted by atomic mass is 10.1. The van der Waals surface area contributed by atoms with Crippen LogP contribution in [0.5, 0.6) is 0 Å². The van der Waals surface area contributed by atoms with E-state index in [-0.39, 0.29) is 0 Å². The first kappa shape index (κ1) is 13.0. The molecule has 13 heavy (non-hydrogen) atoms. The van der Waals surface area contributed by atoms with E-state index in [2.05, 4.69) is 14.0 Å². The normalized spacial score (nSPS) is 11.1. The van der Waals surface area contributed by atoms with Gasteiger partial charge in [0.15, 0.2) is 0 Å². The maximum Gasteiger partial charge on any atom is 0.0106 e. The van der Waals surface area contributed by atoms with Crippen LogP contribution in [-0.2, 0) is 0 Å². The molecule has 0 saturated carbocycles. The zero-order valence-corrected chi connectivity index (χ0v) is 9.52. The van der Waals surface area contributed by atoms with Crippen LogP contribution >= 0.6 is 0 Å². The van der Waals surface area contributed by atoms with Gasteiger partial charge in [-0.3, -0.25) is 0 Å². The highest BCUT2D eigenvalue weighted by atomic mass is 15.0. The summed E-state index contributed by atoms with van der Waals surface area (Å²) < 4.78 is 0. The monoisotopic (exact) mass is 184 g/mol. The molecular formula is C12H26N. The number of nitrogens with zero attached hydrogens (tertiary/aromatic N) is 1. The second-order valence-electron chi connectivity index (χ2n) is 4.05. The lowest BCUT2D eigenvalue weighted by Crippen LogP contribution is -2.09. The van der Waals surface area contributed by atoms with E-state index in [0.29, 0.717) is 0 Å². The van der Waals surface area contributed by atoms with Gasteiger partial charge in [-0.05, 0) is 20.0 Å². The van der Waals surface area contributed by atoms with Crippen molar-refractivity contribution >= 4 is 0 Å². The third kappa shape index (κ3) is 12.0. The highest BCUT2D eigenvalue weighted by Gasteiger charge is 1.92. The SMILES string of the molecule is [CH2]N(C)CCCCCCCCCC. The Morgan fingerprint density at radius 1 is 0.846 bits per heavy atom. The Balaban J connectivity index is 2.84. The van der Waals surface area contributed by atoms with E-state index in [9.17, 15) is 0 Å². The molecule has 0 fully saturated rings. The predicted molar refractivity (Wildman–Crippen MR) is 60.6 cm³/mol. The fourth-order valence-corrected chi connectivity index (χ4v) is 1.52. The summed E-state index contributed by atoms with van der Waals surface area (Å²) in [5.74, 6) is 0. The van der Waals surface area contributed by atoms with Gasteiger partial charge in [-0.15, -0.1) is 0 Å². The Kier molecular flexibility index (Phi) is 10.0. The molecule has 0 heterocycles. The molecule has 0 rings (SSSR count). The van der Waals surface area contributed by atoms with Gasteiger partial charge in [0.25, 0.3) is 0 Å². The minimum Gasteiger partial charge on any atom is -0.305 e. The minimum atomic E-state index is 1.15. The first-order chi connectivity index (χ1) is 6.27. The molecule has 0 bridgehead atoms. The van der Waals surface area contributed by atoms with E-state index in [1.54, 1.807) is 0 Å². The summed E-state index contributed by atoms with van der Waals surface area (Å²) in [5, 5.41) is 0. The van der Waals surface area contributed by atoms with E-state index in [4.69, 9.17) is 0 Å². The largest absolute Gasteiger partial charge is 0.305 e. The van der Waals surface area contributed by atoms with Gasteiger partial charge in [-0.2, -0.15) is 0 Å². The van der Waals surface area contributed by atoms with Gasteiger partial charge in [0, 0.05) is 7.05 Å². The molecule has 0 aromatic heterocycles. The Hall–Kier alpha value is -0.0400. The first-order valence-corrected chi connectivity index (χ1v) is 5.79. The Morgan fingerprint density at radius 2 is 1.31 bits per heavy atom. The number of unbranched alkanes of at least 4 members (excludes halogenated alkanes) is 7. The zero-order chi connectivity index (χ0) is 9.94. The van der Waals surface area contributed by atoms with Crippen molar-refractivity contribution in [1.82, 2.24) is 4.90 Å². The van der Waals surface area contributed by atoms with Crippen LogP contribution in [0.3, 0.4) is 0 Å². The van der Waals surface area contributed by atoms with Gasteiger partial charge in [0.1, 0.15) is 0 Å². The molecule has 1 nitrogen and oxygen atoms in total. The molecule has 0 aliphatic rings. The molecular weight excluding hydrogens is 158 g/mol. The minimum absolute atomic E-state index is 1.15. The van der Waals surface area contributed by atoms with Crippen LogP contribution in [0.25, 0.3) is 0 Å². The summed E-state index contributed by atoms with van der Waals surface area (Å²) in [7, 11) is 5.87. The van der Waals surface area contributed by atoms with Crippen molar-refractivity contribution in [1.29, 1.82) is 0 Å². The number of hydrogen-bond donors (Lipinski definition) is 0. The molecule has 0 aromatic rings. The molecule has 0 amide bonds. The van der Waals surface area contributed by atoms with E-state index in [1.165, 1.54) is 51.4 Å². The number of rotatable bonds is 9. The highest BCUT2D eigenvalue weighted by molar-refractivity contribution is 4.50. The van der Waals surface area contributed by atoms with Crippen molar-refractivity contribution in [3.63, 3.8) is 0 Å². The fourth-order valence-electron chi connectivity index (χ4n) is 1.52. The van der Waals surface area contributed by atoms with Gasteiger partial charge < -0.3 is 4.90 Å². The van der Waals surface area contributed by atoms with Crippen LogP contribution in [-0.4, -0.2) is 18.5 Å². The zero-order valence-electron chi connectivity index (χ0n) is 9.52. The molecule has 0 atom stereocenters. The van der Waals surface area contributed by atoms with Gasteiger partial charge in [-0.25, -0.2) is 0 Å². The molecule has 0 N–H and O–H groups in total. The summed E-state index contributed by atoms with van der Waals surface area (Å²) >= 11 is 0. The average Bonchev–Trinajstić information content (AvgIpc) is 2.09. The van der Waals surface area contributed by atoms with Crippen molar-refractivity contribution in [2.45, 2.75) is 58.3 Å². The summed E-state index contributed by atoms with van der Waals surface area (Å²) in [6.07, 6.45) is 11.2. The van der Waals surface area contributed by atoms with Crippen LogP contribution in [0.1, 0.15) is 58.3 Å². The van der Waals surface area contributed by atoms with Gasteiger partial charge in [0.05, 0.1) is 0 Å². The van der Waals surface area contributed by atoms with Crippen LogP contribution < -0.4 is 0 Å². The lowest BCUT2D eigenvalue weighted by molar-refractivity contribution is 0.423. The second-order valence-corrected chi connectivity index (χ2v) is 4.05. The van der Waals surface area contributed by atoms with Crippen LogP contribution in [0.2, 0.25) is 0 Å². The van der Waals surface area contributed by atoms with Crippen molar-refractivity contribution < 1.29 is 0 Å². The predicted octanol–water partition coefficient (Wildman–Crippen LogP) is 3.85. The van der Waals surface area contributed by atoms with Gasteiger partial charge >= 0.3 is 0 Å². The Labute approximate surface area is 84.5 Å². The summed E-state index contributed by atoms with van der Waals surface area (Å²) in [6, 6.07) is 0. The van der Waals surface area contributed by atoms with E-state index in [1.807, 2.05) is 11.9 Å². The fraction of sp³-hybridized carbons (Fsp3) is 0.917. The van der Waals surface area contributed by atoms with Crippen LogP contribution in [0, 0.1) is 7.05 Å².